The molecule has 6 heteroatoms. The highest BCUT2D eigenvalue weighted by molar-refractivity contribution is 6.01. The molecular formula is C12H14N2O4. The number of nitrogens with zero attached hydrogens (tertiary/aromatic N) is 2. The van der Waals surface area contributed by atoms with Crippen LogP contribution in [0.5, 0.6) is 0 Å². The summed E-state index contributed by atoms with van der Waals surface area (Å²) < 4.78 is 1.51. The molecule has 0 saturated carbocycles. The Morgan fingerprint density at radius 3 is 2.61 bits per heavy atom. The highest BCUT2D eigenvalue weighted by Gasteiger charge is 2.28. The Hall–Kier alpha value is -1.92. The predicted octanol–water partition coefficient (Wildman–Crippen LogP) is 0.434. The molecule has 1 heterocycles. The molecule has 3 N–H and O–H groups in total. The van der Waals surface area contributed by atoms with Crippen molar-refractivity contribution in [2.24, 2.45) is 0 Å². The van der Waals surface area contributed by atoms with E-state index in [0.29, 0.717) is 11.0 Å². The zero-order valence-electron chi connectivity index (χ0n) is 9.87. The van der Waals surface area contributed by atoms with Crippen molar-refractivity contribution in [2.75, 3.05) is 13.2 Å². The van der Waals surface area contributed by atoms with Crippen LogP contribution in [-0.2, 0) is 5.54 Å². The number of aromatic nitrogens is 2. The van der Waals surface area contributed by atoms with E-state index in [2.05, 4.69) is 4.98 Å². The first kappa shape index (κ1) is 12.5. The lowest BCUT2D eigenvalue weighted by molar-refractivity contribution is 0.0690. The van der Waals surface area contributed by atoms with E-state index in [1.165, 1.54) is 17.0 Å². The first-order chi connectivity index (χ1) is 8.53. The molecule has 18 heavy (non-hydrogen) atoms. The summed E-state index contributed by atoms with van der Waals surface area (Å²) >= 11 is 0. The summed E-state index contributed by atoms with van der Waals surface area (Å²) in [4.78, 5) is 15.3. The third-order valence-corrected chi connectivity index (χ3v) is 3.06. The zero-order valence-corrected chi connectivity index (χ0v) is 9.87. The monoisotopic (exact) mass is 250 g/mol. The summed E-state index contributed by atoms with van der Waals surface area (Å²) in [6.07, 6.45) is 1.43. The van der Waals surface area contributed by atoms with E-state index in [4.69, 9.17) is 0 Å². The summed E-state index contributed by atoms with van der Waals surface area (Å²) in [5, 5.41) is 28.0. The molecule has 2 aromatic rings. The first-order valence-corrected chi connectivity index (χ1v) is 5.45. The zero-order chi connectivity index (χ0) is 13.3. The average Bonchev–Trinajstić information content (AvgIpc) is 2.81. The lowest BCUT2D eigenvalue weighted by atomic mass is 10.0. The van der Waals surface area contributed by atoms with E-state index in [1.54, 1.807) is 19.1 Å². The van der Waals surface area contributed by atoms with Crippen LogP contribution in [0.3, 0.4) is 0 Å². The van der Waals surface area contributed by atoms with Gasteiger partial charge in [0.05, 0.1) is 41.7 Å². The van der Waals surface area contributed by atoms with Gasteiger partial charge in [-0.2, -0.15) is 0 Å². The molecule has 0 unspecified atom stereocenters. The smallest absolute Gasteiger partial charge is 0.337 e. The minimum atomic E-state index is -1.07. The summed E-state index contributed by atoms with van der Waals surface area (Å²) in [5.41, 5.74) is 0.0251. The van der Waals surface area contributed by atoms with E-state index in [9.17, 15) is 20.1 Å². The van der Waals surface area contributed by atoms with Gasteiger partial charge < -0.3 is 19.9 Å². The molecule has 0 amide bonds. The maximum atomic E-state index is 11.2. The minimum Gasteiger partial charge on any atom is -0.478 e. The molecule has 0 spiro atoms. The van der Waals surface area contributed by atoms with Crippen LogP contribution in [0, 0.1) is 0 Å². The van der Waals surface area contributed by atoms with Crippen LogP contribution in [-0.4, -0.2) is 44.1 Å². The summed E-state index contributed by atoms with van der Waals surface area (Å²) in [6, 6.07) is 4.77. The molecule has 0 aliphatic heterocycles. The molecular weight excluding hydrogens is 236 g/mol. The number of carboxylic acids is 1. The normalized spacial score (nSPS) is 11.9. The standard InChI is InChI=1S/C12H14N2O4/c1-12(5-15,6-16)14-7-13-9-4-2-3-8(10(9)14)11(17)18/h2-4,7,15-16H,5-6H2,1H3,(H,17,18). The van der Waals surface area contributed by atoms with Gasteiger partial charge in [-0.1, -0.05) is 6.07 Å². The van der Waals surface area contributed by atoms with Crippen LogP contribution in [0.15, 0.2) is 24.5 Å². The van der Waals surface area contributed by atoms with Gasteiger partial charge >= 0.3 is 5.97 Å². The van der Waals surface area contributed by atoms with Crippen molar-refractivity contribution in [3.63, 3.8) is 0 Å². The summed E-state index contributed by atoms with van der Waals surface area (Å²) in [6.45, 7) is 0.999. The van der Waals surface area contributed by atoms with Crippen molar-refractivity contribution in [1.82, 2.24) is 9.55 Å². The van der Waals surface area contributed by atoms with Gasteiger partial charge in [0.15, 0.2) is 0 Å². The molecule has 2 rings (SSSR count). The van der Waals surface area contributed by atoms with Gasteiger partial charge in [-0.25, -0.2) is 9.78 Å². The van der Waals surface area contributed by atoms with Gasteiger partial charge in [0.2, 0.25) is 0 Å². The Kier molecular flexibility index (Phi) is 3.06. The molecule has 6 nitrogen and oxygen atoms in total. The molecule has 0 radical (unpaired) electrons. The van der Waals surface area contributed by atoms with Gasteiger partial charge in [-0.05, 0) is 19.1 Å². The van der Waals surface area contributed by atoms with Crippen molar-refractivity contribution < 1.29 is 20.1 Å². The summed E-state index contributed by atoms with van der Waals surface area (Å²) in [7, 11) is 0. The number of aromatic carboxylic acids is 1. The topological polar surface area (TPSA) is 95.6 Å². The molecule has 0 bridgehead atoms. The fraction of sp³-hybridized carbons (Fsp3) is 0.333. The Labute approximate surface area is 103 Å². The maximum absolute atomic E-state index is 11.2. The third kappa shape index (κ3) is 1.75. The number of carbonyl (C=O) groups is 1. The van der Waals surface area contributed by atoms with Crippen LogP contribution >= 0.6 is 0 Å². The second-order valence-corrected chi connectivity index (χ2v) is 4.41. The molecule has 1 aromatic carbocycles. The second-order valence-electron chi connectivity index (χ2n) is 4.41. The fourth-order valence-electron chi connectivity index (χ4n) is 1.85. The number of fused-ring (bicyclic) bond motifs is 1. The van der Waals surface area contributed by atoms with Crippen molar-refractivity contribution in [2.45, 2.75) is 12.5 Å². The predicted molar refractivity (Wildman–Crippen MR) is 64.5 cm³/mol. The third-order valence-electron chi connectivity index (χ3n) is 3.06. The van der Waals surface area contributed by atoms with Crippen molar-refractivity contribution in [1.29, 1.82) is 0 Å². The van der Waals surface area contributed by atoms with Crippen molar-refractivity contribution in [3.05, 3.63) is 30.1 Å². The fourth-order valence-corrected chi connectivity index (χ4v) is 1.85. The van der Waals surface area contributed by atoms with E-state index in [0.717, 1.165) is 0 Å². The molecule has 0 saturated heterocycles. The Balaban J connectivity index is 2.77. The van der Waals surface area contributed by atoms with E-state index >= 15 is 0 Å². The van der Waals surface area contributed by atoms with Crippen LogP contribution in [0.1, 0.15) is 17.3 Å². The van der Waals surface area contributed by atoms with Gasteiger partial charge in [0, 0.05) is 0 Å². The van der Waals surface area contributed by atoms with Crippen LogP contribution < -0.4 is 0 Å². The number of aliphatic hydroxyl groups excluding tert-OH is 2. The first-order valence-electron chi connectivity index (χ1n) is 5.45. The highest BCUT2D eigenvalue weighted by atomic mass is 16.4. The highest BCUT2D eigenvalue weighted by Crippen LogP contribution is 2.25. The number of carboxylic acid groups (broad SMARTS) is 1. The molecule has 0 aliphatic rings. The van der Waals surface area contributed by atoms with Crippen LogP contribution in [0.2, 0.25) is 0 Å². The number of benzene rings is 1. The molecule has 1 aromatic heterocycles. The molecule has 0 atom stereocenters. The van der Waals surface area contributed by atoms with Gasteiger partial charge in [-0.15, -0.1) is 0 Å². The number of para-hydroxylation sites is 1. The molecule has 96 valence electrons. The average molecular weight is 250 g/mol. The minimum absolute atomic E-state index is 0.0955. The molecule has 0 fully saturated rings. The van der Waals surface area contributed by atoms with E-state index in [1.807, 2.05) is 0 Å². The van der Waals surface area contributed by atoms with Gasteiger partial charge in [-0.3, -0.25) is 0 Å². The molecule has 0 aliphatic carbocycles. The van der Waals surface area contributed by atoms with E-state index < -0.39 is 11.5 Å². The number of hydrogen-bond donors (Lipinski definition) is 3. The van der Waals surface area contributed by atoms with Crippen LogP contribution in [0.25, 0.3) is 11.0 Å². The van der Waals surface area contributed by atoms with Crippen LogP contribution in [0.4, 0.5) is 0 Å². The van der Waals surface area contributed by atoms with E-state index in [-0.39, 0.29) is 18.8 Å². The number of rotatable bonds is 4. The number of imidazole rings is 1. The second kappa shape index (κ2) is 4.40. The number of aliphatic hydroxyl groups is 2. The number of hydrogen-bond acceptors (Lipinski definition) is 4. The Bertz CT molecular complexity index is 587. The maximum Gasteiger partial charge on any atom is 0.337 e. The lowest BCUT2D eigenvalue weighted by Crippen LogP contribution is -2.37. The largest absolute Gasteiger partial charge is 0.478 e. The van der Waals surface area contributed by atoms with Gasteiger partial charge in [0.25, 0.3) is 0 Å². The quantitative estimate of drug-likeness (QED) is 0.731. The SMILES string of the molecule is CC(CO)(CO)n1cnc2cccc(C(=O)O)c21. The van der Waals surface area contributed by atoms with Gasteiger partial charge in [0.1, 0.15) is 0 Å². The van der Waals surface area contributed by atoms with Crippen molar-refractivity contribution >= 4 is 17.0 Å². The summed E-state index contributed by atoms with van der Waals surface area (Å²) in [5.74, 6) is -1.07. The van der Waals surface area contributed by atoms with Crippen molar-refractivity contribution in [3.8, 4) is 0 Å². The lowest BCUT2D eigenvalue weighted by Gasteiger charge is -2.27. The Morgan fingerprint density at radius 1 is 1.39 bits per heavy atom. The Morgan fingerprint density at radius 2 is 2.06 bits per heavy atom.